The zero-order valence-corrected chi connectivity index (χ0v) is 13.0. The lowest BCUT2D eigenvalue weighted by Crippen LogP contribution is -2.22. The van der Waals surface area contributed by atoms with E-state index in [0.29, 0.717) is 39.6 Å². The van der Waals surface area contributed by atoms with Crippen molar-refractivity contribution in [1.82, 2.24) is 5.32 Å². The molecule has 0 aromatic rings. The molecule has 20 heavy (non-hydrogen) atoms. The van der Waals surface area contributed by atoms with Gasteiger partial charge in [-0.05, 0) is 19.4 Å². The second kappa shape index (κ2) is 18.8. The minimum atomic E-state index is 0.627. The van der Waals surface area contributed by atoms with Gasteiger partial charge < -0.3 is 29.0 Å². The van der Waals surface area contributed by atoms with Crippen LogP contribution in [0.15, 0.2) is 0 Å². The molecule has 0 aliphatic rings. The lowest BCUT2D eigenvalue weighted by atomic mass is 10.3. The molecule has 0 rings (SSSR count). The van der Waals surface area contributed by atoms with Crippen LogP contribution in [-0.2, 0) is 23.7 Å². The van der Waals surface area contributed by atoms with Gasteiger partial charge in [-0.1, -0.05) is 0 Å². The van der Waals surface area contributed by atoms with Crippen molar-refractivity contribution in [2.45, 2.75) is 12.8 Å². The monoisotopic (exact) mass is 293 g/mol. The van der Waals surface area contributed by atoms with Crippen molar-refractivity contribution in [3.05, 3.63) is 0 Å². The summed E-state index contributed by atoms with van der Waals surface area (Å²) in [5, 5.41) is 3.33. The fourth-order valence-electron chi connectivity index (χ4n) is 1.43. The SMILES string of the molecule is COCCOCCCCNCCOCCOCCOC. The van der Waals surface area contributed by atoms with E-state index in [0.717, 1.165) is 39.1 Å². The number of ether oxygens (including phenoxy) is 5. The molecule has 0 aromatic carbocycles. The third-order valence-electron chi connectivity index (χ3n) is 2.55. The van der Waals surface area contributed by atoms with Gasteiger partial charge in [-0.15, -0.1) is 0 Å². The van der Waals surface area contributed by atoms with Gasteiger partial charge in [0.2, 0.25) is 0 Å². The molecule has 0 radical (unpaired) electrons. The van der Waals surface area contributed by atoms with Gasteiger partial charge in [0.05, 0.1) is 46.2 Å². The van der Waals surface area contributed by atoms with Crippen molar-refractivity contribution in [1.29, 1.82) is 0 Å². The van der Waals surface area contributed by atoms with Gasteiger partial charge >= 0.3 is 0 Å². The van der Waals surface area contributed by atoms with Crippen molar-refractivity contribution >= 4 is 0 Å². The highest BCUT2D eigenvalue weighted by Gasteiger charge is 1.92. The van der Waals surface area contributed by atoms with Crippen LogP contribution in [0, 0.1) is 0 Å². The van der Waals surface area contributed by atoms with Gasteiger partial charge in [0.15, 0.2) is 0 Å². The van der Waals surface area contributed by atoms with Crippen LogP contribution in [0.3, 0.4) is 0 Å². The molecule has 0 atom stereocenters. The maximum atomic E-state index is 5.42. The Morgan fingerprint density at radius 1 is 0.550 bits per heavy atom. The van der Waals surface area contributed by atoms with Gasteiger partial charge in [0.25, 0.3) is 0 Å². The quantitative estimate of drug-likeness (QED) is 0.398. The maximum Gasteiger partial charge on any atom is 0.0701 e. The van der Waals surface area contributed by atoms with E-state index >= 15 is 0 Å². The van der Waals surface area contributed by atoms with Gasteiger partial charge in [0, 0.05) is 27.4 Å². The number of hydrogen-bond acceptors (Lipinski definition) is 6. The molecule has 0 amide bonds. The molecule has 0 saturated carbocycles. The van der Waals surface area contributed by atoms with Crippen LogP contribution in [-0.4, -0.2) is 80.2 Å². The van der Waals surface area contributed by atoms with E-state index < -0.39 is 0 Å². The second-order valence-electron chi connectivity index (χ2n) is 4.28. The first-order valence-electron chi connectivity index (χ1n) is 7.33. The Balaban J connectivity index is 2.89. The zero-order valence-electron chi connectivity index (χ0n) is 13.0. The first-order valence-corrected chi connectivity index (χ1v) is 7.33. The molecule has 6 nitrogen and oxygen atoms in total. The van der Waals surface area contributed by atoms with Crippen molar-refractivity contribution in [2.75, 3.05) is 80.2 Å². The second-order valence-corrected chi connectivity index (χ2v) is 4.28. The lowest BCUT2D eigenvalue weighted by molar-refractivity contribution is 0.0255. The Morgan fingerprint density at radius 2 is 1.10 bits per heavy atom. The molecule has 0 aliphatic carbocycles. The van der Waals surface area contributed by atoms with Crippen molar-refractivity contribution < 1.29 is 23.7 Å². The molecule has 0 spiro atoms. The summed E-state index contributed by atoms with van der Waals surface area (Å²) in [6.07, 6.45) is 2.19. The maximum absolute atomic E-state index is 5.42. The number of methoxy groups -OCH3 is 2. The highest BCUT2D eigenvalue weighted by Crippen LogP contribution is 1.88. The number of hydrogen-bond donors (Lipinski definition) is 1. The van der Waals surface area contributed by atoms with Gasteiger partial charge in [0.1, 0.15) is 0 Å². The summed E-state index contributed by atoms with van der Waals surface area (Å²) >= 11 is 0. The van der Waals surface area contributed by atoms with Crippen molar-refractivity contribution in [3.8, 4) is 0 Å². The van der Waals surface area contributed by atoms with E-state index in [9.17, 15) is 0 Å². The predicted molar refractivity (Wildman–Crippen MR) is 78.3 cm³/mol. The molecule has 0 fully saturated rings. The lowest BCUT2D eigenvalue weighted by Gasteiger charge is -2.07. The van der Waals surface area contributed by atoms with Crippen molar-refractivity contribution in [3.63, 3.8) is 0 Å². The van der Waals surface area contributed by atoms with E-state index in [1.54, 1.807) is 14.2 Å². The average molecular weight is 293 g/mol. The molecule has 0 bridgehead atoms. The molecule has 0 unspecified atom stereocenters. The first-order chi connectivity index (χ1) is 9.91. The van der Waals surface area contributed by atoms with E-state index in [2.05, 4.69) is 5.32 Å². The molecule has 122 valence electrons. The third-order valence-corrected chi connectivity index (χ3v) is 2.55. The number of rotatable bonds is 17. The summed E-state index contributed by atoms with van der Waals surface area (Å²) in [4.78, 5) is 0. The van der Waals surface area contributed by atoms with Crippen LogP contribution in [0.4, 0.5) is 0 Å². The standard InChI is InChI=1S/C14H31NO5/c1-16-9-11-18-7-4-3-5-15-6-8-19-13-14-20-12-10-17-2/h15H,3-14H2,1-2H3. The van der Waals surface area contributed by atoms with Crippen LogP contribution >= 0.6 is 0 Å². The number of unbranched alkanes of at least 4 members (excludes halogenated alkanes) is 1. The zero-order chi connectivity index (χ0) is 14.7. The van der Waals surface area contributed by atoms with Crippen LogP contribution in [0.1, 0.15) is 12.8 Å². The normalized spacial score (nSPS) is 11.1. The highest BCUT2D eigenvalue weighted by molar-refractivity contribution is 4.47. The fourth-order valence-corrected chi connectivity index (χ4v) is 1.43. The molecule has 0 heterocycles. The molecular formula is C14H31NO5. The third kappa shape index (κ3) is 17.8. The van der Waals surface area contributed by atoms with E-state index in [-0.39, 0.29) is 0 Å². The van der Waals surface area contributed by atoms with Crippen LogP contribution in [0.2, 0.25) is 0 Å². The minimum absolute atomic E-state index is 0.627. The first kappa shape index (κ1) is 19.8. The Labute approximate surface area is 123 Å². The van der Waals surface area contributed by atoms with Crippen LogP contribution in [0.25, 0.3) is 0 Å². The molecule has 6 heteroatoms. The summed E-state index contributed by atoms with van der Waals surface area (Å²) in [5.41, 5.74) is 0. The Bertz CT molecular complexity index is 154. The number of nitrogens with one attached hydrogen (secondary N) is 1. The molecular weight excluding hydrogens is 262 g/mol. The summed E-state index contributed by atoms with van der Waals surface area (Å²) in [7, 11) is 3.35. The summed E-state index contributed by atoms with van der Waals surface area (Å²) in [6.45, 7) is 7.29. The Hall–Kier alpha value is -0.240. The van der Waals surface area contributed by atoms with Gasteiger partial charge in [-0.2, -0.15) is 0 Å². The van der Waals surface area contributed by atoms with E-state index in [4.69, 9.17) is 23.7 Å². The largest absolute Gasteiger partial charge is 0.382 e. The Kier molecular flexibility index (Phi) is 18.5. The predicted octanol–water partition coefficient (Wildman–Crippen LogP) is 0.699. The molecule has 1 N–H and O–H groups in total. The van der Waals surface area contributed by atoms with Crippen LogP contribution < -0.4 is 5.32 Å². The summed E-state index contributed by atoms with van der Waals surface area (Å²) in [5.74, 6) is 0. The van der Waals surface area contributed by atoms with Gasteiger partial charge in [-0.25, -0.2) is 0 Å². The molecule has 0 aromatic heterocycles. The smallest absolute Gasteiger partial charge is 0.0701 e. The van der Waals surface area contributed by atoms with Crippen molar-refractivity contribution in [2.24, 2.45) is 0 Å². The fraction of sp³-hybridized carbons (Fsp3) is 1.00. The van der Waals surface area contributed by atoms with E-state index in [1.807, 2.05) is 0 Å². The van der Waals surface area contributed by atoms with E-state index in [1.165, 1.54) is 0 Å². The minimum Gasteiger partial charge on any atom is -0.382 e. The average Bonchev–Trinajstić information content (AvgIpc) is 2.47. The van der Waals surface area contributed by atoms with Crippen LogP contribution in [0.5, 0.6) is 0 Å². The summed E-state index contributed by atoms with van der Waals surface area (Å²) < 4.78 is 25.8. The topological polar surface area (TPSA) is 58.2 Å². The molecule has 0 saturated heterocycles. The highest BCUT2D eigenvalue weighted by atomic mass is 16.5. The summed E-state index contributed by atoms with van der Waals surface area (Å²) in [6, 6.07) is 0. The molecule has 0 aliphatic heterocycles. The Morgan fingerprint density at radius 3 is 1.75 bits per heavy atom. The van der Waals surface area contributed by atoms with Gasteiger partial charge in [-0.3, -0.25) is 0 Å².